The van der Waals surface area contributed by atoms with Crippen LogP contribution in [0.5, 0.6) is 0 Å². The van der Waals surface area contributed by atoms with E-state index < -0.39 is 11.9 Å². The van der Waals surface area contributed by atoms with Gasteiger partial charge in [0.05, 0.1) is 30.3 Å². The number of ether oxygens (including phenoxy) is 1. The van der Waals surface area contributed by atoms with Crippen molar-refractivity contribution in [2.45, 2.75) is 12.3 Å². The standard InChI is InChI=1S/C16H18F3N7O/c17-16(18,19)13(21)1-2-14-22-7-12(25-14)11-5-15(24-9-23-11)26-3-4-27-10(6-20)8-26/h1-2,5,7,9-10,21H,3-4,6,8,20H2,(H,22,25)/b2-1-,21-13?. The Balaban J connectivity index is 1.75. The molecule has 1 aliphatic heterocycles. The molecule has 1 aliphatic rings. The van der Waals surface area contributed by atoms with Crippen molar-refractivity contribution in [1.29, 1.82) is 5.41 Å². The normalized spacial score (nSPS) is 18.2. The van der Waals surface area contributed by atoms with Crippen LogP contribution in [0.15, 0.2) is 24.7 Å². The Hall–Kier alpha value is -2.79. The Morgan fingerprint density at radius 2 is 2.22 bits per heavy atom. The topological polar surface area (TPSA) is 117 Å². The molecule has 144 valence electrons. The minimum atomic E-state index is -4.69. The molecule has 0 saturated carbocycles. The molecule has 0 radical (unpaired) electrons. The predicted octanol–water partition coefficient (Wildman–Crippen LogP) is 1.63. The molecule has 0 bridgehead atoms. The van der Waals surface area contributed by atoms with E-state index in [1.807, 2.05) is 4.90 Å². The summed E-state index contributed by atoms with van der Waals surface area (Å²) in [5.74, 6) is 0.890. The van der Waals surface area contributed by atoms with Gasteiger partial charge in [-0.1, -0.05) is 0 Å². The van der Waals surface area contributed by atoms with Gasteiger partial charge in [-0.05, 0) is 12.2 Å². The first-order valence-electron chi connectivity index (χ1n) is 8.14. The molecule has 0 aliphatic carbocycles. The van der Waals surface area contributed by atoms with Gasteiger partial charge in [0, 0.05) is 25.7 Å². The number of hydrogen-bond donors (Lipinski definition) is 3. The largest absolute Gasteiger partial charge is 0.432 e. The van der Waals surface area contributed by atoms with E-state index in [0.29, 0.717) is 49.5 Å². The van der Waals surface area contributed by atoms with Crippen molar-refractivity contribution in [1.82, 2.24) is 19.9 Å². The first kappa shape index (κ1) is 19.0. The van der Waals surface area contributed by atoms with Crippen LogP contribution in [0.4, 0.5) is 19.0 Å². The van der Waals surface area contributed by atoms with Crippen LogP contribution in [-0.4, -0.2) is 64.2 Å². The average molecular weight is 381 g/mol. The molecule has 1 fully saturated rings. The van der Waals surface area contributed by atoms with Crippen molar-refractivity contribution in [3.05, 3.63) is 30.5 Å². The first-order chi connectivity index (χ1) is 12.9. The third kappa shape index (κ3) is 4.68. The third-order valence-electron chi connectivity index (χ3n) is 3.96. The third-order valence-corrected chi connectivity index (χ3v) is 3.96. The van der Waals surface area contributed by atoms with E-state index in [-0.39, 0.29) is 11.9 Å². The van der Waals surface area contributed by atoms with E-state index in [9.17, 15) is 13.2 Å². The number of anilines is 1. The zero-order valence-corrected chi connectivity index (χ0v) is 14.2. The number of nitrogens with two attached hydrogens (primary N) is 1. The fourth-order valence-corrected chi connectivity index (χ4v) is 2.55. The van der Waals surface area contributed by atoms with Crippen LogP contribution in [0.25, 0.3) is 17.5 Å². The van der Waals surface area contributed by atoms with Crippen LogP contribution in [0.3, 0.4) is 0 Å². The van der Waals surface area contributed by atoms with Crippen LogP contribution >= 0.6 is 0 Å². The number of nitrogens with zero attached hydrogens (tertiary/aromatic N) is 4. The molecule has 0 aromatic carbocycles. The lowest BCUT2D eigenvalue weighted by Gasteiger charge is -2.33. The number of hydrogen-bond acceptors (Lipinski definition) is 7. The van der Waals surface area contributed by atoms with Crippen LogP contribution in [-0.2, 0) is 4.74 Å². The summed E-state index contributed by atoms with van der Waals surface area (Å²) in [6.07, 6.45) is -0.139. The van der Waals surface area contributed by atoms with Crippen molar-refractivity contribution in [2.24, 2.45) is 5.73 Å². The SMILES string of the molecule is N=C(/C=C\c1ncc(-c2cc(N3CCOC(CN)C3)ncn2)[nH]1)C(F)(F)F. The van der Waals surface area contributed by atoms with Crippen molar-refractivity contribution in [3.63, 3.8) is 0 Å². The highest BCUT2D eigenvalue weighted by atomic mass is 19.4. The molecular formula is C16H18F3N7O. The number of morpholine rings is 1. The van der Waals surface area contributed by atoms with Gasteiger partial charge < -0.3 is 20.4 Å². The van der Waals surface area contributed by atoms with Crippen molar-refractivity contribution < 1.29 is 17.9 Å². The van der Waals surface area contributed by atoms with Crippen LogP contribution in [0.1, 0.15) is 5.82 Å². The number of aromatic nitrogens is 4. The quantitative estimate of drug-likeness (QED) is 0.678. The second-order valence-corrected chi connectivity index (χ2v) is 5.86. The summed E-state index contributed by atoms with van der Waals surface area (Å²) in [6.45, 7) is 2.25. The highest BCUT2D eigenvalue weighted by Crippen LogP contribution is 2.22. The number of halogens is 3. The smallest absolute Gasteiger partial charge is 0.373 e. The molecule has 3 heterocycles. The van der Waals surface area contributed by atoms with Crippen molar-refractivity contribution >= 4 is 17.6 Å². The summed E-state index contributed by atoms with van der Waals surface area (Å²) < 4.78 is 42.6. The van der Waals surface area contributed by atoms with Gasteiger partial charge >= 0.3 is 6.18 Å². The Bertz CT molecular complexity index is 833. The molecule has 1 unspecified atom stereocenters. The summed E-state index contributed by atoms with van der Waals surface area (Å²) in [5, 5.41) is 6.94. The van der Waals surface area contributed by atoms with Crippen LogP contribution in [0.2, 0.25) is 0 Å². The Morgan fingerprint density at radius 1 is 1.41 bits per heavy atom. The lowest BCUT2D eigenvalue weighted by atomic mass is 10.2. The molecular weight excluding hydrogens is 363 g/mol. The van der Waals surface area contributed by atoms with Gasteiger partial charge in [-0.3, -0.25) is 5.41 Å². The lowest BCUT2D eigenvalue weighted by Crippen LogP contribution is -2.46. The Labute approximate surface area is 152 Å². The van der Waals surface area contributed by atoms with Gasteiger partial charge in [0.1, 0.15) is 23.7 Å². The van der Waals surface area contributed by atoms with E-state index in [4.69, 9.17) is 15.9 Å². The van der Waals surface area contributed by atoms with Gasteiger partial charge in [-0.25, -0.2) is 15.0 Å². The summed E-state index contributed by atoms with van der Waals surface area (Å²) in [5.41, 5.74) is 5.28. The van der Waals surface area contributed by atoms with E-state index in [1.165, 1.54) is 12.5 Å². The number of H-pyrrole nitrogens is 1. The molecule has 1 saturated heterocycles. The highest BCUT2D eigenvalue weighted by molar-refractivity contribution is 5.99. The average Bonchev–Trinajstić information content (AvgIpc) is 3.14. The first-order valence-corrected chi connectivity index (χ1v) is 8.14. The summed E-state index contributed by atoms with van der Waals surface area (Å²) in [4.78, 5) is 17.4. The molecule has 2 aromatic rings. The van der Waals surface area contributed by atoms with E-state index in [1.54, 1.807) is 6.07 Å². The number of rotatable bonds is 5. The Kier molecular flexibility index (Phi) is 5.51. The second kappa shape index (κ2) is 7.84. The summed E-state index contributed by atoms with van der Waals surface area (Å²) >= 11 is 0. The molecule has 27 heavy (non-hydrogen) atoms. The van der Waals surface area contributed by atoms with Crippen molar-refractivity contribution in [2.75, 3.05) is 31.1 Å². The maximum atomic E-state index is 12.4. The van der Waals surface area contributed by atoms with E-state index in [0.717, 1.165) is 6.08 Å². The molecule has 0 spiro atoms. The molecule has 3 rings (SSSR count). The maximum Gasteiger partial charge on any atom is 0.432 e. The predicted molar refractivity (Wildman–Crippen MR) is 93.4 cm³/mol. The molecule has 4 N–H and O–H groups in total. The van der Waals surface area contributed by atoms with Gasteiger partial charge in [-0.2, -0.15) is 13.2 Å². The lowest BCUT2D eigenvalue weighted by molar-refractivity contribution is -0.0583. The molecule has 8 nitrogen and oxygen atoms in total. The second-order valence-electron chi connectivity index (χ2n) is 5.86. The van der Waals surface area contributed by atoms with Crippen LogP contribution in [0, 0.1) is 5.41 Å². The molecule has 1 atom stereocenters. The number of imidazole rings is 1. The van der Waals surface area contributed by atoms with Crippen LogP contribution < -0.4 is 10.6 Å². The minimum absolute atomic E-state index is 0.0648. The van der Waals surface area contributed by atoms with Crippen molar-refractivity contribution in [3.8, 4) is 11.4 Å². The van der Waals surface area contributed by atoms with Gasteiger partial charge in [0.2, 0.25) is 0 Å². The summed E-state index contributed by atoms with van der Waals surface area (Å²) in [6, 6.07) is 1.76. The van der Waals surface area contributed by atoms with E-state index in [2.05, 4.69) is 19.9 Å². The number of alkyl halides is 3. The maximum absolute atomic E-state index is 12.4. The zero-order chi connectivity index (χ0) is 19.4. The van der Waals surface area contributed by atoms with Gasteiger partial charge in [-0.15, -0.1) is 0 Å². The van der Waals surface area contributed by atoms with Gasteiger partial charge in [0.25, 0.3) is 0 Å². The monoisotopic (exact) mass is 381 g/mol. The molecule has 11 heteroatoms. The Morgan fingerprint density at radius 3 is 2.96 bits per heavy atom. The zero-order valence-electron chi connectivity index (χ0n) is 14.2. The number of allylic oxidation sites excluding steroid dienone is 1. The summed E-state index contributed by atoms with van der Waals surface area (Å²) in [7, 11) is 0. The molecule has 0 amide bonds. The highest BCUT2D eigenvalue weighted by Gasteiger charge is 2.32. The fourth-order valence-electron chi connectivity index (χ4n) is 2.55. The fraction of sp³-hybridized carbons (Fsp3) is 0.375. The van der Waals surface area contributed by atoms with Gasteiger partial charge in [0.15, 0.2) is 0 Å². The van der Waals surface area contributed by atoms with E-state index >= 15 is 0 Å². The number of nitrogens with one attached hydrogen (secondary N) is 2. The number of aromatic amines is 1. The molecule has 2 aromatic heterocycles. The minimum Gasteiger partial charge on any atom is -0.373 e.